The predicted octanol–water partition coefficient (Wildman–Crippen LogP) is 6.23. The number of carbonyl (C=O) groups excluding carboxylic acids is 5. The normalized spacial score (nSPS) is 30.2. The monoisotopic (exact) mass is 821 g/mol. The van der Waals surface area contributed by atoms with Gasteiger partial charge in [-0.2, -0.15) is 0 Å². The number of esters is 1. The molecule has 0 saturated carbocycles. The number of nitrogens with zero attached hydrogens (tertiary/aromatic N) is 4. The summed E-state index contributed by atoms with van der Waals surface area (Å²) in [6.45, 7) is 18.0. The van der Waals surface area contributed by atoms with Crippen molar-refractivity contribution in [2.24, 2.45) is 22.2 Å². The van der Waals surface area contributed by atoms with Gasteiger partial charge in [0.1, 0.15) is 36.0 Å². The van der Waals surface area contributed by atoms with Gasteiger partial charge >= 0.3 is 5.97 Å². The third-order valence-corrected chi connectivity index (χ3v) is 13.2. The fourth-order valence-corrected chi connectivity index (χ4v) is 8.76. The molecule has 8 atom stereocenters. The van der Waals surface area contributed by atoms with E-state index in [1.54, 1.807) is 63.8 Å². The molecular weight excluding hydrogens is 755 g/mol. The minimum atomic E-state index is -1.01. The van der Waals surface area contributed by atoms with E-state index in [1.807, 2.05) is 39.0 Å². The third-order valence-electron chi connectivity index (χ3n) is 12.0. The first-order valence-electron chi connectivity index (χ1n) is 20.8. The molecule has 1 N–H and O–H groups in total. The van der Waals surface area contributed by atoms with Crippen molar-refractivity contribution < 1.29 is 33.4 Å². The Morgan fingerprint density at radius 3 is 2.28 bits per heavy atom. The summed E-state index contributed by atoms with van der Waals surface area (Å²) >= 11 is 1.65. The van der Waals surface area contributed by atoms with Crippen LogP contribution in [-0.2, 0) is 35.1 Å². The average Bonchev–Trinajstić information content (AvgIpc) is 3.88. The van der Waals surface area contributed by atoms with Crippen LogP contribution in [0, 0.1) is 17.3 Å². The van der Waals surface area contributed by atoms with Gasteiger partial charge in [-0.3, -0.25) is 24.2 Å². The molecule has 4 rings (SSSR count). The fourth-order valence-electron chi connectivity index (χ4n) is 7.74. The lowest BCUT2D eigenvalue weighted by atomic mass is 9.83. The quantitative estimate of drug-likeness (QED) is 0.346. The Kier molecular flexibility index (Phi) is 16.2. The van der Waals surface area contributed by atoms with E-state index in [9.17, 15) is 24.0 Å². The van der Waals surface area contributed by atoms with Crippen LogP contribution in [0.25, 0.3) is 0 Å². The number of ether oxygens (including phenoxy) is 2. The summed E-state index contributed by atoms with van der Waals surface area (Å²) in [5.41, 5.74) is 1.95. The largest absolute Gasteiger partial charge is 0.497 e. The molecule has 0 radical (unpaired) electrons. The third kappa shape index (κ3) is 11.5. The minimum Gasteiger partial charge on any atom is -0.497 e. The molecule has 1 fully saturated rings. The summed E-state index contributed by atoms with van der Waals surface area (Å²) < 4.78 is 11.6. The molecule has 12 nitrogen and oxygen atoms in total. The Balaban J connectivity index is 1.74. The number of thioether (sulfide) groups is 1. The van der Waals surface area contributed by atoms with Gasteiger partial charge < -0.3 is 29.5 Å². The minimum absolute atomic E-state index is 0.170. The molecule has 1 aromatic carbocycles. The molecule has 2 bridgehead atoms. The van der Waals surface area contributed by atoms with Gasteiger partial charge in [0.25, 0.3) is 0 Å². The first-order chi connectivity index (χ1) is 27.3. The summed E-state index contributed by atoms with van der Waals surface area (Å²) in [6, 6.07) is 3.44. The van der Waals surface area contributed by atoms with Crippen molar-refractivity contribution in [1.82, 2.24) is 20.0 Å². The van der Waals surface area contributed by atoms with Crippen molar-refractivity contribution in [3.05, 3.63) is 53.1 Å². The van der Waals surface area contributed by atoms with Gasteiger partial charge in [0.2, 0.25) is 23.6 Å². The van der Waals surface area contributed by atoms with Crippen LogP contribution in [-0.4, -0.2) is 119 Å². The number of likely N-dealkylation sites (N-methyl/N-ethyl adjacent to an activating group) is 2. The number of amides is 4. The van der Waals surface area contributed by atoms with Crippen LogP contribution >= 0.6 is 11.8 Å². The summed E-state index contributed by atoms with van der Waals surface area (Å²) in [7, 11) is 4.71. The number of nitrogens with one attached hydrogen (secondary N) is 1. The standard InChI is InChI=1S/C45H67N5O7S/c1-13-28(3)38-43(54)50-22-14-15-36(50)44(55)57-37(45(7,8)9)23-27(2)16-17-29(4)40-46-33(26-58-40)24-30(5)39(51)47-35(25-32-18-20-34(56-12)21-19-32)42(53)48(10)31(6)41(52)49(38)11/h17-21,24,27-28,31,33,35-38H,13-16,22-23,25-26H2,1-12H3,(H,47,51)/b29-17+,30-24-/t27-,28?,31+,33+,35+,36+,37+,38+/m0/s1. The number of cyclic esters (lactones) is 1. The number of carbonyl (C=O) groups is 5. The molecule has 3 heterocycles. The van der Waals surface area contributed by atoms with E-state index >= 15 is 0 Å². The highest BCUT2D eigenvalue weighted by atomic mass is 32.2. The van der Waals surface area contributed by atoms with Crippen LogP contribution in [0.2, 0.25) is 0 Å². The molecule has 1 saturated heterocycles. The molecule has 1 unspecified atom stereocenters. The molecule has 0 aromatic heterocycles. The summed E-state index contributed by atoms with van der Waals surface area (Å²) in [5.74, 6) is -0.708. The van der Waals surface area contributed by atoms with E-state index in [0.717, 1.165) is 22.6 Å². The van der Waals surface area contributed by atoms with Gasteiger partial charge in [0, 0.05) is 38.4 Å². The Labute approximate surface area is 350 Å². The molecule has 4 amide bonds. The molecule has 320 valence electrons. The van der Waals surface area contributed by atoms with E-state index < -0.39 is 47.9 Å². The number of rotatable bonds is 5. The molecule has 3 aliphatic rings. The number of methoxy groups -OCH3 is 1. The SMILES string of the molecule is CCC(C)[C@@H]1C(=O)N2CCC[C@@H]2C(=O)O[C@@H](C(C)(C)C)C[C@@H](C)C/C=C(\C)C2=N[C@H](/C=C(/C)C(=O)N[C@H](Cc3ccc(OC)cc3)C(=O)N(C)[C@H](C)C(=O)N1C)CS2. The average molecular weight is 822 g/mol. The number of allylic oxidation sites excluding steroid dienone is 1. The topological polar surface area (TPSA) is 138 Å². The van der Waals surface area contributed by atoms with Crippen molar-refractivity contribution in [3.8, 4) is 5.75 Å². The van der Waals surface area contributed by atoms with Gasteiger partial charge in [-0.1, -0.05) is 72.2 Å². The molecule has 3 aliphatic heterocycles. The molecular formula is C45H67N5O7S. The van der Waals surface area contributed by atoms with Gasteiger partial charge in [-0.05, 0) is 87.0 Å². The van der Waals surface area contributed by atoms with Crippen molar-refractivity contribution >= 4 is 46.4 Å². The van der Waals surface area contributed by atoms with Crippen molar-refractivity contribution in [2.45, 2.75) is 137 Å². The smallest absolute Gasteiger partial charge is 0.329 e. The van der Waals surface area contributed by atoms with Crippen LogP contribution in [0.4, 0.5) is 0 Å². The van der Waals surface area contributed by atoms with E-state index in [0.29, 0.717) is 49.3 Å². The van der Waals surface area contributed by atoms with E-state index in [1.165, 1.54) is 9.80 Å². The van der Waals surface area contributed by atoms with E-state index in [4.69, 9.17) is 14.5 Å². The van der Waals surface area contributed by atoms with Crippen LogP contribution in [0.15, 0.2) is 52.6 Å². The molecule has 58 heavy (non-hydrogen) atoms. The number of hydrogen-bond donors (Lipinski definition) is 1. The van der Waals surface area contributed by atoms with Gasteiger partial charge in [-0.25, -0.2) is 4.79 Å². The van der Waals surface area contributed by atoms with Crippen LogP contribution in [0.3, 0.4) is 0 Å². The lowest BCUT2D eigenvalue weighted by Crippen LogP contribution is -2.59. The van der Waals surface area contributed by atoms with Gasteiger partial charge in [0.05, 0.1) is 18.2 Å². The van der Waals surface area contributed by atoms with Crippen molar-refractivity contribution in [3.63, 3.8) is 0 Å². The Bertz CT molecular complexity index is 1750. The molecule has 13 heteroatoms. The number of hydrogen-bond acceptors (Lipinski definition) is 9. The lowest BCUT2D eigenvalue weighted by Gasteiger charge is -2.39. The van der Waals surface area contributed by atoms with E-state index in [2.05, 4.69) is 39.1 Å². The highest BCUT2D eigenvalue weighted by molar-refractivity contribution is 8.14. The van der Waals surface area contributed by atoms with Crippen molar-refractivity contribution in [1.29, 1.82) is 0 Å². The maximum Gasteiger partial charge on any atom is 0.329 e. The first-order valence-corrected chi connectivity index (χ1v) is 21.8. The maximum atomic E-state index is 14.6. The molecule has 1 aromatic rings. The summed E-state index contributed by atoms with van der Waals surface area (Å²) in [4.78, 5) is 80.4. The zero-order valence-electron chi connectivity index (χ0n) is 36.8. The number of aliphatic imine (C=N–C) groups is 1. The Morgan fingerprint density at radius 1 is 0.983 bits per heavy atom. The maximum absolute atomic E-state index is 14.6. The zero-order valence-corrected chi connectivity index (χ0v) is 37.6. The highest BCUT2D eigenvalue weighted by Crippen LogP contribution is 2.33. The zero-order chi connectivity index (χ0) is 43.1. The van der Waals surface area contributed by atoms with Gasteiger partial charge in [0.15, 0.2) is 0 Å². The number of fused-ring (bicyclic) bond motifs is 2. The summed E-state index contributed by atoms with van der Waals surface area (Å²) in [5, 5.41) is 3.88. The second-order valence-electron chi connectivity index (χ2n) is 17.6. The highest BCUT2D eigenvalue weighted by Gasteiger charge is 2.44. The lowest BCUT2D eigenvalue weighted by molar-refractivity contribution is -0.166. The Morgan fingerprint density at radius 2 is 1.66 bits per heavy atom. The molecule has 0 aliphatic carbocycles. The van der Waals surface area contributed by atoms with Crippen LogP contribution in [0.1, 0.15) is 100.0 Å². The van der Waals surface area contributed by atoms with Crippen LogP contribution < -0.4 is 10.1 Å². The summed E-state index contributed by atoms with van der Waals surface area (Å²) in [6.07, 6.45) is 6.95. The first kappa shape index (κ1) is 46.6. The number of benzene rings is 1. The fraction of sp³-hybridized carbons (Fsp3) is 0.644. The molecule has 0 spiro atoms. The second-order valence-corrected chi connectivity index (χ2v) is 18.6. The van der Waals surface area contributed by atoms with Crippen molar-refractivity contribution in [2.75, 3.05) is 33.5 Å². The van der Waals surface area contributed by atoms with Gasteiger partial charge in [-0.15, -0.1) is 11.8 Å². The predicted molar refractivity (Wildman–Crippen MR) is 231 cm³/mol. The second kappa shape index (κ2) is 20.2. The van der Waals surface area contributed by atoms with E-state index in [-0.39, 0.29) is 41.7 Å². The van der Waals surface area contributed by atoms with Crippen LogP contribution in [0.5, 0.6) is 5.75 Å². The Hall–Kier alpha value is -4.13.